The third-order valence-electron chi connectivity index (χ3n) is 3.70. The Balaban J connectivity index is 2.17. The van der Waals surface area contributed by atoms with E-state index in [1.165, 1.54) is 7.11 Å². The number of carbonyl (C=O) groups excluding carboxylic acids is 1. The Kier molecular flexibility index (Phi) is 4.49. The van der Waals surface area contributed by atoms with Crippen molar-refractivity contribution in [1.29, 1.82) is 0 Å². The standard InChI is InChI=1S/C15H20O5/c1-18-13-8-11(10-16)4-5-12(13)20-15(6-3-7-15)9-14(17)19-2/h4-5,8,16H,3,6-7,9-10H2,1-2H3. The summed E-state index contributed by atoms with van der Waals surface area (Å²) in [7, 11) is 2.93. The van der Waals surface area contributed by atoms with Gasteiger partial charge in [0.25, 0.3) is 0 Å². The van der Waals surface area contributed by atoms with Gasteiger partial charge in [-0.3, -0.25) is 4.79 Å². The van der Waals surface area contributed by atoms with Gasteiger partial charge >= 0.3 is 5.97 Å². The fraction of sp³-hybridized carbons (Fsp3) is 0.533. The number of benzene rings is 1. The molecule has 5 heteroatoms. The largest absolute Gasteiger partial charge is 0.493 e. The van der Waals surface area contributed by atoms with Crippen LogP contribution in [-0.4, -0.2) is 30.9 Å². The molecule has 1 aliphatic carbocycles. The Morgan fingerprint density at radius 2 is 2.05 bits per heavy atom. The van der Waals surface area contributed by atoms with E-state index in [4.69, 9.17) is 19.3 Å². The number of hydrogen-bond acceptors (Lipinski definition) is 5. The van der Waals surface area contributed by atoms with Gasteiger partial charge in [-0.1, -0.05) is 6.07 Å². The highest BCUT2D eigenvalue weighted by atomic mass is 16.5. The van der Waals surface area contributed by atoms with E-state index in [2.05, 4.69) is 0 Å². The number of aliphatic hydroxyl groups excluding tert-OH is 1. The molecule has 0 unspecified atom stereocenters. The zero-order chi connectivity index (χ0) is 14.6. The molecule has 1 fully saturated rings. The second-order valence-corrected chi connectivity index (χ2v) is 5.03. The van der Waals surface area contributed by atoms with Crippen LogP contribution in [0, 0.1) is 0 Å². The predicted molar refractivity (Wildman–Crippen MR) is 72.8 cm³/mol. The van der Waals surface area contributed by atoms with E-state index in [1.807, 2.05) is 0 Å². The van der Waals surface area contributed by atoms with Crippen LogP contribution in [0.2, 0.25) is 0 Å². The van der Waals surface area contributed by atoms with Gasteiger partial charge in [0.05, 0.1) is 27.2 Å². The van der Waals surface area contributed by atoms with Crippen molar-refractivity contribution >= 4 is 5.97 Å². The highest BCUT2D eigenvalue weighted by molar-refractivity contribution is 5.70. The van der Waals surface area contributed by atoms with Crippen molar-refractivity contribution in [3.05, 3.63) is 23.8 Å². The molecular formula is C15H20O5. The summed E-state index contributed by atoms with van der Waals surface area (Å²) >= 11 is 0. The van der Waals surface area contributed by atoms with Crippen molar-refractivity contribution in [3.63, 3.8) is 0 Å². The van der Waals surface area contributed by atoms with Crippen molar-refractivity contribution in [2.75, 3.05) is 14.2 Å². The lowest BCUT2D eigenvalue weighted by molar-refractivity contribution is -0.148. The predicted octanol–water partition coefficient (Wildman–Crippen LogP) is 2.05. The second kappa shape index (κ2) is 6.13. The van der Waals surface area contributed by atoms with E-state index in [1.54, 1.807) is 25.3 Å². The van der Waals surface area contributed by atoms with Crippen molar-refractivity contribution in [3.8, 4) is 11.5 Å². The molecule has 5 nitrogen and oxygen atoms in total. The summed E-state index contributed by atoms with van der Waals surface area (Å²) in [5, 5.41) is 9.13. The van der Waals surface area contributed by atoms with Gasteiger partial charge in [0.15, 0.2) is 11.5 Å². The van der Waals surface area contributed by atoms with Gasteiger partial charge in [-0.2, -0.15) is 0 Å². The van der Waals surface area contributed by atoms with Gasteiger partial charge in [-0.15, -0.1) is 0 Å². The first-order valence-corrected chi connectivity index (χ1v) is 6.66. The maximum absolute atomic E-state index is 11.5. The van der Waals surface area contributed by atoms with Crippen LogP contribution in [0.1, 0.15) is 31.2 Å². The molecule has 0 bridgehead atoms. The number of rotatable bonds is 6. The molecule has 0 spiro atoms. The maximum atomic E-state index is 11.5. The second-order valence-electron chi connectivity index (χ2n) is 5.03. The Bertz CT molecular complexity index is 479. The van der Waals surface area contributed by atoms with E-state index >= 15 is 0 Å². The average Bonchev–Trinajstić information content (AvgIpc) is 2.44. The summed E-state index contributed by atoms with van der Waals surface area (Å²) < 4.78 is 16.0. The number of ether oxygens (including phenoxy) is 3. The highest BCUT2D eigenvalue weighted by Crippen LogP contribution is 2.42. The molecule has 0 aromatic heterocycles. The molecule has 0 radical (unpaired) electrons. The lowest BCUT2D eigenvalue weighted by Crippen LogP contribution is -2.45. The summed E-state index contributed by atoms with van der Waals surface area (Å²) in [6.07, 6.45) is 2.93. The minimum atomic E-state index is -0.485. The van der Waals surface area contributed by atoms with E-state index in [9.17, 15) is 4.79 Å². The van der Waals surface area contributed by atoms with Crippen LogP contribution in [0.5, 0.6) is 11.5 Å². The molecule has 20 heavy (non-hydrogen) atoms. The molecule has 0 atom stereocenters. The molecule has 0 amide bonds. The molecule has 0 heterocycles. The quantitative estimate of drug-likeness (QED) is 0.808. The van der Waals surface area contributed by atoms with Crippen LogP contribution in [-0.2, 0) is 16.1 Å². The first kappa shape index (κ1) is 14.7. The molecule has 1 aromatic rings. The van der Waals surface area contributed by atoms with E-state index in [0.717, 1.165) is 24.8 Å². The van der Waals surface area contributed by atoms with Crippen molar-refractivity contribution in [2.45, 2.75) is 37.9 Å². The van der Waals surface area contributed by atoms with Crippen molar-refractivity contribution < 1.29 is 24.1 Å². The van der Waals surface area contributed by atoms with Crippen LogP contribution >= 0.6 is 0 Å². The fourth-order valence-electron chi connectivity index (χ4n) is 2.35. The summed E-state index contributed by atoms with van der Waals surface area (Å²) in [5.74, 6) is 0.886. The summed E-state index contributed by atoms with van der Waals surface area (Å²) in [4.78, 5) is 11.5. The lowest BCUT2D eigenvalue weighted by atomic mass is 9.77. The van der Waals surface area contributed by atoms with Gasteiger partial charge in [-0.25, -0.2) is 0 Å². The summed E-state index contributed by atoms with van der Waals surface area (Å²) in [6, 6.07) is 5.28. The van der Waals surface area contributed by atoms with Crippen molar-refractivity contribution in [2.24, 2.45) is 0 Å². The van der Waals surface area contributed by atoms with E-state index < -0.39 is 5.60 Å². The summed E-state index contributed by atoms with van der Waals surface area (Å²) in [6.45, 7) is -0.0516. The Labute approximate surface area is 118 Å². The minimum Gasteiger partial charge on any atom is -0.493 e. The Hall–Kier alpha value is -1.75. The molecule has 0 aliphatic heterocycles. The van der Waals surface area contributed by atoms with Crippen LogP contribution in [0.3, 0.4) is 0 Å². The third kappa shape index (κ3) is 3.04. The lowest BCUT2D eigenvalue weighted by Gasteiger charge is -2.41. The number of hydrogen-bond donors (Lipinski definition) is 1. The first-order valence-electron chi connectivity index (χ1n) is 6.66. The Morgan fingerprint density at radius 1 is 1.30 bits per heavy atom. The number of methoxy groups -OCH3 is 2. The molecule has 1 aliphatic rings. The normalized spacial score (nSPS) is 16.1. The monoisotopic (exact) mass is 280 g/mol. The van der Waals surface area contributed by atoms with Crippen LogP contribution < -0.4 is 9.47 Å². The van der Waals surface area contributed by atoms with Gasteiger partial charge in [0, 0.05) is 0 Å². The number of carbonyl (C=O) groups is 1. The topological polar surface area (TPSA) is 65.0 Å². The van der Waals surface area contributed by atoms with Crippen LogP contribution in [0.4, 0.5) is 0 Å². The zero-order valence-electron chi connectivity index (χ0n) is 11.8. The highest BCUT2D eigenvalue weighted by Gasteiger charge is 2.42. The molecule has 1 saturated carbocycles. The smallest absolute Gasteiger partial charge is 0.309 e. The molecule has 1 aromatic carbocycles. The first-order chi connectivity index (χ1) is 9.62. The molecule has 110 valence electrons. The van der Waals surface area contributed by atoms with Crippen LogP contribution in [0.25, 0.3) is 0 Å². The molecule has 1 N–H and O–H groups in total. The van der Waals surface area contributed by atoms with Gasteiger partial charge in [0.1, 0.15) is 5.60 Å². The van der Waals surface area contributed by atoms with Crippen molar-refractivity contribution in [1.82, 2.24) is 0 Å². The van der Waals surface area contributed by atoms with Gasteiger partial charge < -0.3 is 19.3 Å². The van der Waals surface area contributed by atoms with Gasteiger partial charge in [0.2, 0.25) is 0 Å². The van der Waals surface area contributed by atoms with E-state index in [-0.39, 0.29) is 19.0 Å². The SMILES string of the molecule is COC(=O)CC1(Oc2ccc(CO)cc2OC)CCC1. The van der Waals surface area contributed by atoms with Crippen LogP contribution in [0.15, 0.2) is 18.2 Å². The average molecular weight is 280 g/mol. The zero-order valence-corrected chi connectivity index (χ0v) is 11.8. The minimum absolute atomic E-state index is 0.0516. The number of aliphatic hydroxyl groups is 1. The van der Waals surface area contributed by atoms with Gasteiger partial charge in [-0.05, 0) is 37.0 Å². The molecule has 2 rings (SSSR count). The number of esters is 1. The molecule has 0 saturated heterocycles. The molecular weight excluding hydrogens is 260 g/mol. The summed E-state index contributed by atoms with van der Waals surface area (Å²) in [5.41, 5.74) is 0.269. The maximum Gasteiger partial charge on any atom is 0.309 e. The van der Waals surface area contributed by atoms with E-state index in [0.29, 0.717) is 11.5 Å². The fourth-order valence-corrected chi connectivity index (χ4v) is 2.35. The third-order valence-corrected chi connectivity index (χ3v) is 3.70. The Morgan fingerprint density at radius 3 is 2.55 bits per heavy atom.